The fourth-order valence-corrected chi connectivity index (χ4v) is 2.50. The summed E-state index contributed by atoms with van der Waals surface area (Å²) in [6.45, 7) is 0. The van der Waals surface area contributed by atoms with Crippen molar-refractivity contribution in [2.24, 2.45) is 0 Å². The number of hydrogen-bond donors (Lipinski definition) is 2. The number of carbonyl (C=O) groups excluding carboxylic acids is 1. The van der Waals surface area contributed by atoms with E-state index in [0.29, 0.717) is 12.8 Å². The number of esters is 1. The average molecular weight is 321 g/mol. The van der Waals surface area contributed by atoms with Crippen LogP contribution in [0.5, 0.6) is 0 Å². The molecule has 1 aromatic heterocycles. The van der Waals surface area contributed by atoms with Crippen LogP contribution in [0.2, 0.25) is 0 Å². The normalized spacial score (nSPS) is 10.5. The molecule has 3 aromatic rings. The number of aryl methyl sites for hydroxylation is 1. The van der Waals surface area contributed by atoms with Gasteiger partial charge in [-0.25, -0.2) is 4.98 Å². The van der Waals surface area contributed by atoms with Crippen molar-refractivity contribution in [2.75, 3.05) is 12.8 Å². The van der Waals surface area contributed by atoms with Crippen molar-refractivity contribution in [1.82, 2.24) is 9.97 Å². The van der Waals surface area contributed by atoms with Gasteiger partial charge in [0.25, 0.3) is 0 Å². The summed E-state index contributed by atoms with van der Waals surface area (Å²) in [6.07, 6.45) is 2.85. The van der Waals surface area contributed by atoms with E-state index < -0.39 is 0 Å². The lowest BCUT2D eigenvalue weighted by Gasteiger charge is -2.03. The summed E-state index contributed by atoms with van der Waals surface area (Å²) < 4.78 is 4.66. The molecule has 0 amide bonds. The van der Waals surface area contributed by atoms with Crippen LogP contribution in [0, 0.1) is 0 Å². The Kier molecular flexibility index (Phi) is 4.61. The monoisotopic (exact) mass is 321 g/mol. The second-order valence-corrected chi connectivity index (χ2v) is 5.54. The first kappa shape index (κ1) is 15.8. The number of aromatic nitrogens is 2. The predicted molar refractivity (Wildman–Crippen MR) is 94.2 cm³/mol. The van der Waals surface area contributed by atoms with Crippen LogP contribution in [-0.2, 0) is 16.0 Å². The number of aromatic amines is 1. The fourth-order valence-electron chi connectivity index (χ4n) is 2.50. The predicted octanol–water partition coefficient (Wildman–Crippen LogP) is 3.43. The van der Waals surface area contributed by atoms with Gasteiger partial charge in [0, 0.05) is 23.2 Å². The molecular formula is C19H19N3O2. The summed E-state index contributed by atoms with van der Waals surface area (Å²) in [5, 5.41) is 0. The molecule has 122 valence electrons. The third-order valence-corrected chi connectivity index (χ3v) is 3.85. The van der Waals surface area contributed by atoms with Crippen molar-refractivity contribution >= 4 is 11.7 Å². The zero-order chi connectivity index (χ0) is 16.9. The number of imidazole rings is 1. The van der Waals surface area contributed by atoms with Crippen LogP contribution in [0.4, 0.5) is 5.69 Å². The molecule has 1 heterocycles. The maximum Gasteiger partial charge on any atom is 0.305 e. The van der Waals surface area contributed by atoms with Crippen LogP contribution in [0.15, 0.2) is 54.7 Å². The molecule has 0 saturated carbocycles. The summed E-state index contributed by atoms with van der Waals surface area (Å²) in [7, 11) is 1.40. The molecule has 0 aliphatic heterocycles. The average Bonchev–Trinajstić information content (AvgIpc) is 3.10. The fraction of sp³-hybridized carbons (Fsp3) is 0.158. The van der Waals surface area contributed by atoms with Gasteiger partial charge in [0.1, 0.15) is 5.82 Å². The van der Waals surface area contributed by atoms with Crippen LogP contribution >= 0.6 is 0 Å². The van der Waals surface area contributed by atoms with Crippen molar-refractivity contribution < 1.29 is 9.53 Å². The van der Waals surface area contributed by atoms with Crippen molar-refractivity contribution in [3.63, 3.8) is 0 Å². The molecule has 24 heavy (non-hydrogen) atoms. The molecule has 0 atom stereocenters. The number of methoxy groups -OCH3 is 1. The van der Waals surface area contributed by atoms with E-state index in [1.54, 1.807) is 6.20 Å². The van der Waals surface area contributed by atoms with Crippen LogP contribution in [-0.4, -0.2) is 23.0 Å². The van der Waals surface area contributed by atoms with E-state index in [0.717, 1.165) is 33.9 Å². The minimum absolute atomic E-state index is 0.197. The molecule has 0 radical (unpaired) electrons. The molecule has 0 aliphatic carbocycles. The highest BCUT2D eigenvalue weighted by molar-refractivity contribution is 5.70. The van der Waals surface area contributed by atoms with Crippen molar-refractivity contribution in [1.29, 1.82) is 0 Å². The lowest BCUT2D eigenvalue weighted by Crippen LogP contribution is -2.01. The van der Waals surface area contributed by atoms with Gasteiger partial charge in [-0.3, -0.25) is 4.79 Å². The second-order valence-electron chi connectivity index (χ2n) is 5.54. The Morgan fingerprint density at radius 2 is 1.96 bits per heavy atom. The van der Waals surface area contributed by atoms with Crippen molar-refractivity contribution in [3.05, 3.63) is 60.3 Å². The van der Waals surface area contributed by atoms with Gasteiger partial charge in [-0.15, -0.1) is 0 Å². The Hall–Kier alpha value is -3.08. The Morgan fingerprint density at radius 1 is 1.17 bits per heavy atom. The third kappa shape index (κ3) is 3.63. The summed E-state index contributed by atoms with van der Waals surface area (Å²) in [5.74, 6) is 0.601. The van der Waals surface area contributed by atoms with Gasteiger partial charge in [-0.1, -0.05) is 36.4 Å². The van der Waals surface area contributed by atoms with Gasteiger partial charge in [0.05, 0.1) is 19.0 Å². The lowest BCUT2D eigenvalue weighted by atomic mass is 10.1. The zero-order valence-electron chi connectivity index (χ0n) is 13.5. The molecule has 0 bridgehead atoms. The van der Waals surface area contributed by atoms with Crippen LogP contribution in [0.1, 0.15) is 12.0 Å². The summed E-state index contributed by atoms with van der Waals surface area (Å²) in [5.41, 5.74) is 10.6. The number of nitrogens with two attached hydrogens (primary N) is 1. The van der Waals surface area contributed by atoms with Crippen LogP contribution in [0.25, 0.3) is 22.6 Å². The SMILES string of the molecule is COC(=O)CCc1ccc(-c2ncc(-c3cccc(N)c3)[nH]2)cc1. The minimum Gasteiger partial charge on any atom is -0.469 e. The molecule has 0 unspecified atom stereocenters. The number of anilines is 1. The second kappa shape index (κ2) is 7.00. The number of nitrogen functional groups attached to an aromatic ring is 1. The minimum atomic E-state index is -0.197. The van der Waals surface area contributed by atoms with Gasteiger partial charge in [0.2, 0.25) is 0 Å². The largest absolute Gasteiger partial charge is 0.469 e. The lowest BCUT2D eigenvalue weighted by molar-refractivity contribution is -0.140. The van der Waals surface area contributed by atoms with E-state index in [1.807, 2.05) is 48.5 Å². The van der Waals surface area contributed by atoms with E-state index in [1.165, 1.54) is 7.11 Å². The maximum absolute atomic E-state index is 11.2. The summed E-state index contributed by atoms with van der Waals surface area (Å²) in [4.78, 5) is 18.9. The number of H-pyrrole nitrogens is 1. The Balaban J connectivity index is 1.74. The Morgan fingerprint density at radius 3 is 2.67 bits per heavy atom. The number of carbonyl (C=O) groups is 1. The molecule has 5 nitrogen and oxygen atoms in total. The first-order valence-electron chi connectivity index (χ1n) is 7.73. The topological polar surface area (TPSA) is 81.0 Å². The Bertz CT molecular complexity index is 838. The number of rotatable bonds is 5. The van der Waals surface area contributed by atoms with E-state index in [2.05, 4.69) is 14.7 Å². The summed E-state index contributed by atoms with van der Waals surface area (Å²) in [6, 6.07) is 15.7. The number of benzene rings is 2. The molecule has 3 rings (SSSR count). The maximum atomic E-state index is 11.2. The number of nitrogens with one attached hydrogen (secondary N) is 1. The molecular weight excluding hydrogens is 302 g/mol. The standard InChI is InChI=1S/C19H19N3O2/c1-24-18(23)10-7-13-5-8-14(9-6-13)19-21-12-17(22-19)15-3-2-4-16(20)11-15/h2-6,8-9,11-12H,7,10,20H2,1H3,(H,21,22). The molecule has 2 aromatic carbocycles. The first-order chi connectivity index (χ1) is 11.7. The van der Waals surface area contributed by atoms with Crippen LogP contribution in [0.3, 0.4) is 0 Å². The molecule has 5 heteroatoms. The third-order valence-electron chi connectivity index (χ3n) is 3.85. The highest BCUT2D eigenvalue weighted by atomic mass is 16.5. The van der Waals surface area contributed by atoms with Crippen LogP contribution < -0.4 is 5.73 Å². The van der Waals surface area contributed by atoms with Crippen molar-refractivity contribution in [2.45, 2.75) is 12.8 Å². The highest BCUT2D eigenvalue weighted by Gasteiger charge is 2.07. The molecule has 0 saturated heterocycles. The smallest absolute Gasteiger partial charge is 0.305 e. The van der Waals surface area contributed by atoms with Gasteiger partial charge >= 0.3 is 5.97 Å². The number of nitrogens with zero attached hydrogens (tertiary/aromatic N) is 1. The quantitative estimate of drug-likeness (QED) is 0.557. The van der Waals surface area contributed by atoms with E-state index >= 15 is 0 Å². The van der Waals surface area contributed by atoms with E-state index in [9.17, 15) is 4.79 Å². The molecule has 0 spiro atoms. The molecule has 0 aliphatic rings. The number of ether oxygens (including phenoxy) is 1. The van der Waals surface area contributed by atoms with Gasteiger partial charge in [0.15, 0.2) is 0 Å². The molecule has 0 fully saturated rings. The molecule has 3 N–H and O–H groups in total. The van der Waals surface area contributed by atoms with Crippen molar-refractivity contribution in [3.8, 4) is 22.6 Å². The van der Waals surface area contributed by atoms with Gasteiger partial charge < -0.3 is 15.5 Å². The van der Waals surface area contributed by atoms with E-state index in [-0.39, 0.29) is 5.97 Å². The zero-order valence-corrected chi connectivity index (χ0v) is 13.5. The van der Waals surface area contributed by atoms with E-state index in [4.69, 9.17) is 5.73 Å². The number of hydrogen-bond acceptors (Lipinski definition) is 4. The van der Waals surface area contributed by atoms with Gasteiger partial charge in [-0.2, -0.15) is 0 Å². The Labute approximate surface area is 140 Å². The summed E-state index contributed by atoms with van der Waals surface area (Å²) >= 11 is 0. The first-order valence-corrected chi connectivity index (χ1v) is 7.73. The van der Waals surface area contributed by atoms with Gasteiger partial charge in [-0.05, 0) is 24.1 Å². The highest BCUT2D eigenvalue weighted by Crippen LogP contribution is 2.23.